The Bertz CT molecular complexity index is 711. The molecule has 0 bridgehead atoms. The molecule has 2 unspecified atom stereocenters. The lowest BCUT2D eigenvalue weighted by Gasteiger charge is -2.33. The Kier molecular flexibility index (Phi) is 6.01. The first-order valence-corrected chi connectivity index (χ1v) is 8.81. The van der Waals surface area contributed by atoms with Crippen LogP contribution in [0.1, 0.15) is 19.8 Å². The molecule has 0 spiro atoms. The van der Waals surface area contributed by atoms with Crippen molar-refractivity contribution < 1.29 is 14.4 Å². The van der Waals surface area contributed by atoms with E-state index in [4.69, 9.17) is 9.26 Å². The second kappa shape index (κ2) is 8.42. The van der Waals surface area contributed by atoms with Crippen LogP contribution in [-0.4, -0.2) is 58.2 Å². The molecule has 7 heteroatoms. The van der Waals surface area contributed by atoms with Gasteiger partial charge in [-0.25, -0.2) is 4.79 Å². The summed E-state index contributed by atoms with van der Waals surface area (Å²) < 4.78 is 11.9. The topological polar surface area (TPSA) is 80.7 Å². The number of nitrogens with zero attached hydrogens (tertiary/aromatic N) is 3. The van der Waals surface area contributed by atoms with Gasteiger partial charge in [-0.3, -0.25) is 14.0 Å². The summed E-state index contributed by atoms with van der Waals surface area (Å²) in [7, 11) is 0. The van der Waals surface area contributed by atoms with Crippen LogP contribution >= 0.6 is 0 Å². The molecule has 2 heterocycles. The quantitative estimate of drug-likeness (QED) is 0.815. The van der Waals surface area contributed by atoms with Gasteiger partial charge in [0, 0.05) is 25.3 Å². The van der Waals surface area contributed by atoms with Crippen molar-refractivity contribution in [3.8, 4) is 11.4 Å². The molecule has 1 saturated heterocycles. The molecule has 0 aliphatic carbocycles. The highest BCUT2D eigenvalue weighted by molar-refractivity contribution is 5.54. The average Bonchev–Trinajstić information content (AvgIpc) is 2.97. The maximum atomic E-state index is 12.0. The van der Waals surface area contributed by atoms with E-state index < -0.39 is 11.9 Å². The Balaban J connectivity index is 1.64. The molecule has 1 N–H and O–H groups in total. The summed E-state index contributed by atoms with van der Waals surface area (Å²) in [6.45, 7) is 5.10. The standard InChI is InChI=1S/C18H25N3O4/c1-2-24-16-9-6-10-20(13-16)11-15(22)12-21-17(19-25-18(21)23)14-7-4-3-5-8-14/h3-5,7-8,15-16,22H,2,6,9-13H2,1H3. The third kappa shape index (κ3) is 4.56. The van der Waals surface area contributed by atoms with E-state index >= 15 is 0 Å². The minimum absolute atomic E-state index is 0.155. The van der Waals surface area contributed by atoms with Crippen molar-refractivity contribution >= 4 is 0 Å². The van der Waals surface area contributed by atoms with Gasteiger partial charge in [0.15, 0.2) is 5.82 Å². The minimum atomic E-state index is -0.681. The van der Waals surface area contributed by atoms with E-state index in [0.717, 1.165) is 31.5 Å². The average molecular weight is 347 g/mol. The van der Waals surface area contributed by atoms with Crippen molar-refractivity contribution in [2.75, 3.05) is 26.2 Å². The second-order valence-corrected chi connectivity index (χ2v) is 6.38. The Hall–Kier alpha value is -1.96. The highest BCUT2D eigenvalue weighted by atomic mass is 16.5. The van der Waals surface area contributed by atoms with E-state index in [2.05, 4.69) is 10.1 Å². The fraction of sp³-hybridized carbons (Fsp3) is 0.556. The molecule has 136 valence electrons. The number of β-amino-alcohol motifs (C(OH)–C–C–N with tert-alkyl or cyclic N) is 1. The second-order valence-electron chi connectivity index (χ2n) is 6.38. The van der Waals surface area contributed by atoms with Crippen molar-refractivity contribution in [1.29, 1.82) is 0 Å². The van der Waals surface area contributed by atoms with E-state index in [1.54, 1.807) is 0 Å². The summed E-state index contributed by atoms with van der Waals surface area (Å²) in [5.41, 5.74) is 0.787. The Labute approximate surface area is 146 Å². The summed E-state index contributed by atoms with van der Waals surface area (Å²) in [5, 5.41) is 14.3. The molecule has 0 radical (unpaired) electrons. The number of piperidine rings is 1. The zero-order valence-corrected chi connectivity index (χ0v) is 14.5. The molecule has 0 amide bonds. The molecule has 3 rings (SSSR count). The Morgan fingerprint density at radius 2 is 2.16 bits per heavy atom. The SMILES string of the molecule is CCOC1CCCN(CC(O)Cn2c(-c3ccccc3)noc2=O)C1. The largest absolute Gasteiger partial charge is 0.441 e. The third-order valence-corrected chi connectivity index (χ3v) is 4.45. The maximum absolute atomic E-state index is 12.0. The summed E-state index contributed by atoms with van der Waals surface area (Å²) in [4.78, 5) is 14.2. The van der Waals surface area contributed by atoms with Crippen LogP contribution in [0.4, 0.5) is 0 Å². The number of benzene rings is 1. The monoisotopic (exact) mass is 347 g/mol. The molecule has 2 atom stereocenters. The number of ether oxygens (including phenoxy) is 1. The molecular weight excluding hydrogens is 322 g/mol. The summed E-state index contributed by atoms with van der Waals surface area (Å²) in [5.74, 6) is -0.112. The highest BCUT2D eigenvalue weighted by Gasteiger charge is 2.23. The fourth-order valence-electron chi connectivity index (χ4n) is 3.34. The summed E-state index contributed by atoms with van der Waals surface area (Å²) >= 11 is 0. The van der Waals surface area contributed by atoms with Crippen molar-refractivity contribution in [2.24, 2.45) is 0 Å². The molecule has 2 aromatic rings. The highest BCUT2D eigenvalue weighted by Crippen LogP contribution is 2.17. The lowest BCUT2D eigenvalue weighted by atomic mass is 10.1. The number of hydrogen-bond acceptors (Lipinski definition) is 6. The predicted octanol–water partition coefficient (Wildman–Crippen LogP) is 1.37. The molecule has 1 aliphatic rings. The van der Waals surface area contributed by atoms with Crippen molar-refractivity contribution in [1.82, 2.24) is 14.6 Å². The van der Waals surface area contributed by atoms with Crippen molar-refractivity contribution in [3.63, 3.8) is 0 Å². The van der Waals surface area contributed by atoms with Gasteiger partial charge in [-0.05, 0) is 26.3 Å². The van der Waals surface area contributed by atoms with Gasteiger partial charge in [0.2, 0.25) is 0 Å². The number of aliphatic hydroxyl groups is 1. The van der Waals surface area contributed by atoms with E-state index in [1.807, 2.05) is 37.3 Å². The third-order valence-electron chi connectivity index (χ3n) is 4.45. The van der Waals surface area contributed by atoms with Gasteiger partial charge in [-0.2, -0.15) is 0 Å². The van der Waals surface area contributed by atoms with Crippen LogP contribution in [0.5, 0.6) is 0 Å². The van der Waals surface area contributed by atoms with E-state index in [9.17, 15) is 9.90 Å². The molecule has 0 saturated carbocycles. The van der Waals surface area contributed by atoms with Crippen LogP contribution in [0.25, 0.3) is 11.4 Å². The van der Waals surface area contributed by atoms with Crippen LogP contribution in [0.3, 0.4) is 0 Å². The van der Waals surface area contributed by atoms with Crippen LogP contribution in [0.15, 0.2) is 39.6 Å². The van der Waals surface area contributed by atoms with Gasteiger partial charge in [0.25, 0.3) is 0 Å². The number of aliphatic hydroxyl groups excluding tert-OH is 1. The van der Waals surface area contributed by atoms with Gasteiger partial charge in [0.05, 0.1) is 18.8 Å². The van der Waals surface area contributed by atoms with Gasteiger partial charge in [-0.1, -0.05) is 35.5 Å². The van der Waals surface area contributed by atoms with Crippen LogP contribution in [-0.2, 0) is 11.3 Å². The number of hydrogen-bond donors (Lipinski definition) is 1. The molecule has 1 aliphatic heterocycles. The molecule has 1 aromatic heterocycles. The van der Waals surface area contributed by atoms with Crippen LogP contribution in [0, 0.1) is 0 Å². The smallest absolute Gasteiger partial charge is 0.390 e. The fourth-order valence-corrected chi connectivity index (χ4v) is 3.34. The van der Waals surface area contributed by atoms with Gasteiger partial charge < -0.3 is 9.84 Å². The van der Waals surface area contributed by atoms with Crippen LogP contribution in [0.2, 0.25) is 0 Å². The van der Waals surface area contributed by atoms with Crippen molar-refractivity contribution in [3.05, 3.63) is 40.9 Å². The molecule has 1 aromatic carbocycles. The molecule has 7 nitrogen and oxygen atoms in total. The Morgan fingerprint density at radius 1 is 1.36 bits per heavy atom. The Morgan fingerprint density at radius 3 is 2.92 bits per heavy atom. The minimum Gasteiger partial charge on any atom is -0.390 e. The van der Waals surface area contributed by atoms with Crippen molar-refractivity contribution in [2.45, 2.75) is 38.5 Å². The number of likely N-dealkylation sites (tertiary alicyclic amines) is 1. The van der Waals surface area contributed by atoms with Gasteiger partial charge in [-0.15, -0.1) is 0 Å². The first-order valence-electron chi connectivity index (χ1n) is 8.81. The van der Waals surface area contributed by atoms with E-state index in [0.29, 0.717) is 19.0 Å². The zero-order valence-electron chi connectivity index (χ0n) is 14.5. The van der Waals surface area contributed by atoms with Crippen LogP contribution < -0.4 is 5.76 Å². The first kappa shape index (κ1) is 17.8. The molecule has 25 heavy (non-hydrogen) atoms. The predicted molar refractivity (Wildman–Crippen MR) is 93.3 cm³/mol. The van der Waals surface area contributed by atoms with Gasteiger partial charge in [0.1, 0.15) is 0 Å². The lowest BCUT2D eigenvalue weighted by Crippen LogP contribution is -2.44. The normalized spacial score (nSPS) is 19.8. The first-order chi connectivity index (χ1) is 12.2. The zero-order chi connectivity index (χ0) is 17.6. The maximum Gasteiger partial charge on any atom is 0.441 e. The molecular formula is C18H25N3O4. The number of aromatic nitrogens is 2. The van der Waals surface area contributed by atoms with E-state index in [1.165, 1.54) is 4.57 Å². The number of rotatable bonds is 7. The lowest BCUT2D eigenvalue weighted by molar-refractivity contribution is -0.00868. The van der Waals surface area contributed by atoms with Gasteiger partial charge >= 0.3 is 5.76 Å². The summed E-state index contributed by atoms with van der Waals surface area (Å²) in [6, 6.07) is 9.36. The van der Waals surface area contributed by atoms with E-state index in [-0.39, 0.29) is 12.6 Å². The molecule has 1 fully saturated rings. The summed E-state index contributed by atoms with van der Waals surface area (Å²) in [6.07, 6.45) is 1.66.